The monoisotopic (exact) mass is 398 g/mol. The predicted octanol–water partition coefficient (Wildman–Crippen LogP) is 4.82. The molecular formula is C20H22N4OS2. The highest BCUT2D eigenvalue weighted by Gasteiger charge is 2.12. The van der Waals surface area contributed by atoms with Gasteiger partial charge in [-0.2, -0.15) is 0 Å². The third-order valence-corrected chi connectivity index (χ3v) is 5.59. The van der Waals surface area contributed by atoms with Crippen molar-refractivity contribution in [3.63, 3.8) is 0 Å². The number of hydrogen-bond donors (Lipinski definition) is 1. The minimum Gasteiger partial charge on any atom is -0.302 e. The number of carbonyl (C=O) groups is 1. The first-order valence-electron chi connectivity index (χ1n) is 8.67. The van der Waals surface area contributed by atoms with Crippen LogP contribution in [0.25, 0.3) is 11.3 Å². The number of hydrogen-bond acceptors (Lipinski definition) is 6. The van der Waals surface area contributed by atoms with Gasteiger partial charge in [0, 0.05) is 28.8 Å². The van der Waals surface area contributed by atoms with Crippen molar-refractivity contribution in [3.8, 4) is 11.3 Å². The number of nitrogens with zero attached hydrogens (tertiary/aromatic N) is 3. The van der Waals surface area contributed by atoms with E-state index in [1.807, 2.05) is 37.6 Å². The first-order chi connectivity index (χ1) is 13.0. The summed E-state index contributed by atoms with van der Waals surface area (Å²) in [6, 6.07) is 8.20. The molecule has 0 aliphatic rings. The Morgan fingerprint density at radius 1 is 1.07 bits per heavy atom. The van der Waals surface area contributed by atoms with Gasteiger partial charge < -0.3 is 5.32 Å². The van der Waals surface area contributed by atoms with Crippen molar-refractivity contribution < 1.29 is 4.79 Å². The SMILES string of the molecule is CSc1nc(C)c(CCC(=O)Nc2nc(-c3ccc(C)cc3)cs2)c(C)n1. The van der Waals surface area contributed by atoms with Crippen molar-refractivity contribution in [2.45, 2.75) is 38.8 Å². The molecule has 0 aliphatic carbocycles. The lowest BCUT2D eigenvalue weighted by Gasteiger charge is -2.09. The van der Waals surface area contributed by atoms with Crippen LogP contribution in [-0.4, -0.2) is 27.1 Å². The van der Waals surface area contributed by atoms with Gasteiger partial charge in [0.15, 0.2) is 10.3 Å². The Balaban J connectivity index is 1.61. The zero-order valence-corrected chi connectivity index (χ0v) is 17.5. The van der Waals surface area contributed by atoms with Crippen LogP contribution in [0.1, 0.15) is 28.9 Å². The van der Waals surface area contributed by atoms with Crippen LogP contribution in [0.15, 0.2) is 34.8 Å². The molecule has 0 bridgehead atoms. The molecule has 140 valence electrons. The standard InChI is InChI=1S/C20H22N4OS2/c1-12-5-7-15(8-6-12)17-11-27-20(23-17)24-18(25)10-9-16-13(2)21-19(26-4)22-14(16)3/h5-8,11H,9-10H2,1-4H3,(H,23,24,25). The number of benzene rings is 1. The smallest absolute Gasteiger partial charge is 0.226 e. The van der Waals surface area contributed by atoms with Crippen LogP contribution in [0, 0.1) is 20.8 Å². The average molecular weight is 399 g/mol. The van der Waals surface area contributed by atoms with Crippen molar-refractivity contribution in [2.75, 3.05) is 11.6 Å². The molecule has 5 nitrogen and oxygen atoms in total. The fourth-order valence-electron chi connectivity index (χ4n) is 2.77. The molecule has 0 saturated carbocycles. The molecule has 1 N–H and O–H groups in total. The van der Waals surface area contributed by atoms with E-state index in [4.69, 9.17) is 0 Å². The highest BCUT2D eigenvalue weighted by Crippen LogP contribution is 2.25. The topological polar surface area (TPSA) is 67.8 Å². The maximum absolute atomic E-state index is 12.3. The van der Waals surface area contributed by atoms with Crippen LogP contribution in [-0.2, 0) is 11.2 Å². The van der Waals surface area contributed by atoms with E-state index in [1.165, 1.54) is 28.7 Å². The van der Waals surface area contributed by atoms with Crippen LogP contribution in [0.3, 0.4) is 0 Å². The van der Waals surface area contributed by atoms with Crippen molar-refractivity contribution in [1.29, 1.82) is 0 Å². The minimum atomic E-state index is -0.0486. The molecule has 1 aromatic carbocycles. The Morgan fingerprint density at radius 3 is 2.37 bits per heavy atom. The van der Waals surface area contributed by atoms with E-state index in [1.54, 1.807) is 0 Å². The van der Waals surface area contributed by atoms with Crippen LogP contribution in [0.5, 0.6) is 0 Å². The molecule has 2 aromatic heterocycles. The second-order valence-corrected chi connectivity index (χ2v) is 7.94. The summed E-state index contributed by atoms with van der Waals surface area (Å²) >= 11 is 2.96. The molecular weight excluding hydrogens is 376 g/mol. The number of aryl methyl sites for hydroxylation is 3. The zero-order chi connectivity index (χ0) is 19.4. The van der Waals surface area contributed by atoms with E-state index < -0.39 is 0 Å². The molecule has 0 saturated heterocycles. The van der Waals surface area contributed by atoms with Gasteiger partial charge in [-0.15, -0.1) is 11.3 Å². The van der Waals surface area contributed by atoms with Gasteiger partial charge >= 0.3 is 0 Å². The van der Waals surface area contributed by atoms with Gasteiger partial charge in [-0.25, -0.2) is 15.0 Å². The van der Waals surface area contributed by atoms with Gasteiger partial charge in [0.25, 0.3) is 0 Å². The molecule has 0 radical (unpaired) electrons. The molecule has 2 heterocycles. The second-order valence-electron chi connectivity index (χ2n) is 6.31. The van der Waals surface area contributed by atoms with E-state index in [-0.39, 0.29) is 5.91 Å². The molecule has 0 spiro atoms. The summed E-state index contributed by atoms with van der Waals surface area (Å²) in [5.74, 6) is -0.0486. The summed E-state index contributed by atoms with van der Waals surface area (Å²) in [7, 11) is 0. The Bertz CT molecular complexity index is 928. The number of amides is 1. The fraction of sp³-hybridized carbons (Fsp3) is 0.300. The summed E-state index contributed by atoms with van der Waals surface area (Å²) in [5, 5.41) is 6.25. The maximum atomic E-state index is 12.3. The fourth-order valence-corrected chi connectivity index (χ4v) is 3.96. The van der Waals surface area contributed by atoms with Crippen LogP contribution >= 0.6 is 23.1 Å². The number of aromatic nitrogens is 3. The Hall–Kier alpha value is -2.25. The quantitative estimate of drug-likeness (QED) is 0.476. The number of thioether (sulfide) groups is 1. The van der Waals surface area contributed by atoms with E-state index in [0.717, 1.165) is 33.4 Å². The second kappa shape index (κ2) is 8.63. The Kier molecular flexibility index (Phi) is 6.23. The normalized spacial score (nSPS) is 10.8. The largest absolute Gasteiger partial charge is 0.302 e. The Labute approximate surface area is 167 Å². The molecule has 7 heteroatoms. The summed E-state index contributed by atoms with van der Waals surface area (Å²) in [4.78, 5) is 25.8. The van der Waals surface area contributed by atoms with E-state index in [9.17, 15) is 4.79 Å². The van der Waals surface area contributed by atoms with Crippen molar-refractivity contribution >= 4 is 34.1 Å². The molecule has 27 heavy (non-hydrogen) atoms. The number of nitrogens with one attached hydrogen (secondary N) is 1. The number of thiazole rings is 1. The van der Waals surface area contributed by atoms with E-state index >= 15 is 0 Å². The highest BCUT2D eigenvalue weighted by molar-refractivity contribution is 7.98. The van der Waals surface area contributed by atoms with Crippen LogP contribution in [0.4, 0.5) is 5.13 Å². The molecule has 3 rings (SSSR count). The lowest BCUT2D eigenvalue weighted by molar-refractivity contribution is -0.116. The number of rotatable bonds is 6. The summed E-state index contributed by atoms with van der Waals surface area (Å²) < 4.78 is 0. The Morgan fingerprint density at radius 2 is 1.74 bits per heavy atom. The molecule has 3 aromatic rings. The number of anilines is 1. The average Bonchev–Trinajstić information content (AvgIpc) is 3.09. The third-order valence-electron chi connectivity index (χ3n) is 4.28. The lowest BCUT2D eigenvalue weighted by Crippen LogP contribution is -2.13. The first kappa shape index (κ1) is 19.5. The van der Waals surface area contributed by atoms with Crippen LogP contribution in [0.2, 0.25) is 0 Å². The maximum Gasteiger partial charge on any atom is 0.226 e. The van der Waals surface area contributed by atoms with E-state index in [0.29, 0.717) is 18.0 Å². The molecule has 0 fully saturated rings. The van der Waals surface area contributed by atoms with E-state index in [2.05, 4.69) is 39.3 Å². The van der Waals surface area contributed by atoms with Gasteiger partial charge in [0.2, 0.25) is 5.91 Å². The summed E-state index contributed by atoms with van der Waals surface area (Å²) in [6.45, 7) is 5.99. The first-order valence-corrected chi connectivity index (χ1v) is 10.8. The minimum absolute atomic E-state index is 0.0486. The van der Waals surface area contributed by atoms with Gasteiger partial charge in [-0.3, -0.25) is 4.79 Å². The number of carbonyl (C=O) groups excluding carboxylic acids is 1. The third kappa shape index (κ3) is 4.93. The van der Waals surface area contributed by atoms with Crippen molar-refractivity contribution in [1.82, 2.24) is 15.0 Å². The van der Waals surface area contributed by atoms with Gasteiger partial charge in [-0.05, 0) is 39.0 Å². The summed E-state index contributed by atoms with van der Waals surface area (Å²) in [6.07, 6.45) is 2.96. The molecule has 0 aliphatic heterocycles. The van der Waals surface area contributed by atoms with Gasteiger partial charge in [0.1, 0.15) is 0 Å². The van der Waals surface area contributed by atoms with Crippen LogP contribution < -0.4 is 5.32 Å². The van der Waals surface area contributed by atoms with Crippen molar-refractivity contribution in [2.24, 2.45) is 0 Å². The lowest BCUT2D eigenvalue weighted by atomic mass is 10.1. The predicted molar refractivity (Wildman–Crippen MR) is 113 cm³/mol. The summed E-state index contributed by atoms with van der Waals surface area (Å²) in [5.41, 5.74) is 6.06. The highest BCUT2D eigenvalue weighted by atomic mass is 32.2. The molecule has 0 atom stereocenters. The molecule has 0 unspecified atom stereocenters. The van der Waals surface area contributed by atoms with Gasteiger partial charge in [0.05, 0.1) is 5.69 Å². The zero-order valence-electron chi connectivity index (χ0n) is 15.9. The van der Waals surface area contributed by atoms with Gasteiger partial charge in [-0.1, -0.05) is 41.6 Å². The molecule has 1 amide bonds. The van der Waals surface area contributed by atoms with Crippen molar-refractivity contribution in [3.05, 3.63) is 52.2 Å².